The van der Waals surface area contributed by atoms with Crippen LogP contribution in [0.5, 0.6) is 17.6 Å². The Bertz CT molecular complexity index is 4630. The molecule has 0 saturated carbocycles. The maximum Gasteiger partial charge on any atom is 0.306 e. The second-order valence-corrected chi connectivity index (χ2v) is 31.7. The van der Waals surface area contributed by atoms with E-state index >= 15 is 0 Å². The van der Waals surface area contributed by atoms with Gasteiger partial charge in [-0.25, -0.2) is 15.0 Å². The third-order valence-electron chi connectivity index (χ3n) is 21.9. The molecule has 9 aromatic rings. The highest BCUT2D eigenvalue weighted by Crippen LogP contribution is 2.40. The highest BCUT2D eigenvalue weighted by atomic mass is 35.5. The number of piperidine rings is 2. The van der Waals surface area contributed by atoms with Crippen LogP contribution in [-0.2, 0) is 33.4 Å². The van der Waals surface area contributed by atoms with Crippen LogP contribution in [0.3, 0.4) is 0 Å². The summed E-state index contributed by atoms with van der Waals surface area (Å²) in [4.78, 5) is 77.7. The molecule has 2 amide bonds. The lowest BCUT2D eigenvalue weighted by Crippen LogP contribution is -2.48. The predicted octanol–water partition coefficient (Wildman–Crippen LogP) is 14.7. The number of hydrogen-bond donors (Lipinski definition) is 7. The number of carbonyl (C=O) groups excluding carboxylic acids is 2. The number of rotatable bonds is 18. The molecule has 7 aliphatic rings. The number of carbonyl (C=O) groups is 4. The minimum atomic E-state index is -0.771. The normalized spacial score (nSPS) is 20.7. The Labute approximate surface area is 646 Å². The predicted molar refractivity (Wildman–Crippen MR) is 419 cm³/mol. The number of aromatic amines is 3. The van der Waals surface area contributed by atoms with Crippen molar-refractivity contribution in [3.05, 3.63) is 148 Å². The van der Waals surface area contributed by atoms with Gasteiger partial charge in [-0.15, -0.1) is 0 Å². The number of aliphatic hydroxyl groups excluding tert-OH is 2. The summed E-state index contributed by atoms with van der Waals surface area (Å²) in [5.74, 6) is -0.211. The first-order valence-electron chi connectivity index (χ1n) is 37.6. The summed E-state index contributed by atoms with van der Waals surface area (Å²) < 4.78 is 35.5. The number of ether oxygens (including phenoxy) is 6. The highest BCUT2D eigenvalue weighted by Gasteiger charge is 2.44. The number of H-pyrrole nitrogens is 3. The monoisotopic (exact) mass is 1540 g/mol. The highest BCUT2D eigenvalue weighted by molar-refractivity contribution is 6.34. The number of aromatic nitrogens is 6. The minimum Gasteiger partial charge on any atom is -0.481 e. The standard InChI is InChI=1S/2C30H34ClN3O5.C23H24ClN3O4/c1-30(2,17-35)29(38)34-13-11-22(12-14-34)39-26-16-25-24(32-26)15-23(31)27(33-25)20-7-3-18(4-8-20)19-5-9-21(10-6-19)28(36)37;1-30(2,17-35)29(38)34-13-11-22(12-14-34)39-26-16-25-24(32-26)15-23(27(31)33-25)20-7-3-18(4-8-20)19-5-9-21(10-6-19)28(36)37;24-16-11-17-18(12-21(25-17)31-20-13-30-19-5-8-29-23(19)20)26-22(16)14-1-3-15(4-2-14)27-6-9-28-10-7-27/h2*3-5,7-8,15-16,21-22,32,35H,6,9-14,17H2,1-2H3,(H,36,37);1-4,11-12,19-20,23,25H,5-10,13H2/t;;19-,20-,23+/m..1/s1. The smallest absolute Gasteiger partial charge is 0.306 e. The van der Waals surface area contributed by atoms with E-state index < -0.39 is 22.8 Å². The van der Waals surface area contributed by atoms with Gasteiger partial charge in [0.25, 0.3) is 0 Å². The maximum absolute atomic E-state index is 12.6. The Morgan fingerprint density at radius 1 is 0.514 bits per heavy atom. The van der Waals surface area contributed by atoms with Gasteiger partial charge in [-0.2, -0.15) is 0 Å². The molecule has 16 rings (SSSR count). The second kappa shape index (κ2) is 33.3. The van der Waals surface area contributed by atoms with E-state index in [1.165, 1.54) is 16.8 Å². The van der Waals surface area contributed by atoms with Gasteiger partial charge in [-0.1, -0.05) is 108 Å². The van der Waals surface area contributed by atoms with Gasteiger partial charge >= 0.3 is 11.9 Å². The van der Waals surface area contributed by atoms with Crippen molar-refractivity contribution in [3.63, 3.8) is 0 Å². The Morgan fingerprint density at radius 3 is 1.39 bits per heavy atom. The molecule has 23 nitrogen and oxygen atoms in total. The van der Waals surface area contributed by atoms with E-state index in [9.17, 15) is 39.6 Å². The number of nitrogens with one attached hydrogen (secondary N) is 3. The van der Waals surface area contributed by atoms with Crippen LogP contribution in [0, 0.1) is 22.7 Å². The van der Waals surface area contributed by atoms with Crippen LogP contribution in [0.4, 0.5) is 5.69 Å². The van der Waals surface area contributed by atoms with Gasteiger partial charge in [0, 0.05) is 112 Å². The summed E-state index contributed by atoms with van der Waals surface area (Å²) in [5, 5.41) is 39.0. The number of fused-ring (bicyclic) bond motifs is 4. The molecule has 2 unspecified atom stereocenters. The van der Waals surface area contributed by atoms with E-state index in [2.05, 4.69) is 49.1 Å². The molecule has 574 valence electrons. The number of carboxylic acid groups (broad SMARTS) is 2. The maximum atomic E-state index is 12.6. The fourth-order valence-corrected chi connectivity index (χ4v) is 16.0. The number of pyridine rings is 3. The van der Waals surface area contributed by atoms with Crippen LogP contribution < -0.4 is 19.1 Å². The molecular formula is C83H92Cl3N9O14. The SMILES string of the molecule is CC(C)(CO)C(=O)N1CCC(Oc2cc3nc(-c4ccc(C5=CCC(C(=O)O)CC5)cc4)c(Cl)cc3[nH]2)CC1.CC(C)(CO)C(=O)N1CCC(Oc2cc3nc(Cl)c(-c4ccc(C5=CCC(C(=O)O)CC5)cc4)cc3[nH]2)CC1.Clc1cc2[nH]c(O[C@@H]3CO[C@@H]4CCO[C@@H]43)cc2nc1-c1ccc(N2CCOCC2)cc1. The van der Waals surface area contributed by atoms with Crippen molar-refractivity contribution in [2.45, 2.75) is 129 Å². The summed E-state index contributed by atoms with van der Waals surface area (Å²) >= 11 is 19.8. The Morgan fingerprint density at radius 2 is 0.945 bits per heavy atom. The zero-order valence-corrected chi connectivity index (χ0v) is 63.8. The number of carboxylic acids is 2. The van der Waals surface area contributed by atoms with Crippen molar-refractivity contribution >= 4 is 108 Å². The van der Waals surface area contributed by atoms with Gasteiger partial charge in [0.15, 0.2) is 23.7 Å². The molecular weight excluding hydrogens is 1450 g/mol. The van der Waals surface area contributed by atoms with E-state index in [1.54, 1.807) is 37.5 Å². The number of morpholine rings is 1. The quantitative estimate of drug-likeness (QED) is 0.0393. The number of aliphatic carboxylic acids is 2. The minimum absolute atomic E-state index is 0.00324. The number of allylic oxidation sites excluding steroid dienone is 4. The van der Waals surface area contributed by atoms with Crippen molar-refractivity contribution in [1.82, 2.24) is 39.7 Å². The van der Waals surface area contributed by atoms with E-state index in [-0.39, 0.29) is 67.4 Å². The van der Waals surface area contributed by atoms with Crippen LogP contribution in [0.15, 0.2) is 121 Å². The number of nitrogens with zero attached hydrogens (tertiary/aromatic N) is 6. The first kappa shape index (κ1) is 76.7. The summed E-state index contributed by atoms with van der Waals surface area (Å²) in [6.07, 6.45) is 11.8. The van der Waals surface area contributed by atoms with E-state index in [1.807, 2.05) is 97.1 Å². The topological polar surface area (TPSA) is 300 Å². The number of amides is 2. The summed E-state index contributed by atoms with van der Waals surface area (Å²) in [6, 6.07) is 35.9. The Kier molecular flexibility index (Phi) is 23.4. The zero-order valence-electron chi connectivity index (χ0n) is 61.5. The first-order valence-corrected chi connectivity index (χ1v) is 38.8. The zero-order chi connectivity index (χ0) is 76.3. The summed E-state index contributed by atoms with van der Waals surface area (Å²) in [7, 11) is 0. The van der Waals surface area contributed by atoms with Crippen LogP contribution in [-0.4, -0.2) is 193 Å². The number of anilines is 1. The average Bonchev–Trinajstić information content (AvgIpc) is 1.68. The average molecular weight is 1550 g/mol. The van der Waals surface area contributed by atoms with Crippen LogP contribution >= 0.6 is 34.8 Å². The van der Waals surface area contributed by atoms with Gasteiger partial charge < -0.3 is 78.5 Å². The van der Waals surface area contributed by atoms with Gasteiger partial charge in [-0.3, -0.25) is 19.2 Å². The van der Waals surface area contributed by atoms with Crippen LogP contribution in [0.1, 0.15) is 109 Å². The van der Waals surface area contributed by atoms with E-state index in [0.29, 0.717) is 128 Å². The molecule has 0 spiro atoms. The van der Waals surface area contributed by atoms with Crippen molar-refractivity contribution in [3.8, 4) is 51.3 Å². The molecule has 5 aliphatic heterocycles. The number of aliphatic hydroxyl groups is 2. The van der Waals surface area contributed by atoms with Gasteiger partial charge in [0.05, 0.1) is 116 Å². The third-order valence-corrected chi connectivity index (χ3v) is 22.8. The lowest BCUT2D eigenvalue weighted by atomic mass is 9.86. The van der Waals surface area contributed by atoms with E-state index in [4.69, 9.17) is 73.2 Å². The van der Waals surface area contributed by atoms with Crippen LogP contribution in [0.2, 0.25) is 15.2 Å². The van der Waals surface area contributed by atoms with Crippen molar-refractivity contribution < 1.29 is 68.0 Å². The molecule has 2 aliphatic carbocycles. The molecule has 0 radical (unpaired) electrons. The fourth-order valence-electron chi connectivity index (χ4n) is 15.2. The lowest BCUT2D eigenvalue weighted by molar-refractivity contribution is -0.145. The third kappa shape index (κ3) is 17.6. The lowest BCUT2D eigenvalue weighted by Gasteiger charge is -2.36. The van der Waals surface area contributed by atoms with Gasteiger partial charge in [-0.05, 0) is 131 Å². The van der Waals surface area contributed by atoms with Gasteiger partial charge in [0.2, 0.25) is 11.8 Å². The molecule has 5 fully saturated rings. The van der Waals surface area contributed by atoms with Crippen LogP contribution in [0.25, 0.3) is 77.9 Å². The molecule has 26 heteroatoms. The molecule has 11 heterocycles. The Balaban J connectivity index is 0.000000137. The number of likely N-dealkylation sites (tertiary alicyclic amines) is 2. The first-order chi connectivity index (χ1) is 52.5. The summed E-state index contributed by atoms with van der Waals surface area (Å²) in [6.45, 7) is 13.7. The summed E-state index contributed by atoms with van der Waals surface area (Å²) in [5.41, 5.74) is 14.0. The van der Waals surface area contributed by atoms with Crippen molar-refractivity contribution in [2.75, 3.05) is 83.8 Å². The number of benzene rings is 3. The second-order valence-electron chi connectivity index (χ2n) is 30.5. The molecule has 5 atom stereocenters. The molecule has 0 bridgehead atoms. The Hall–Kier alpha value is -9.04. The molecule has 5 saturated heterocycles. The molecule has 7 N–H and O–H groups in total. The largest absolute Gasteiger partial charge is 0.481 e. The van der Waals surface area contributed by atoms with E-state index in [0.717, 1.165) is 119 Å². The number of halogens is 3. The van der Waals surface area contributed by atoms with Crippen molar-refractivity contribution in [2.24, 2.45) is 22.7 Å². The number of hydrogen-bond acceptors (Lipinski definition) is 16. The fraction of sp³-hybridized carbons (Fsp3) is 0.434. The molecule has 6 aromatic heterocycles. The van der Waals surface area contributed by atoms with Crippen molar-refractivity contribution in [1.29, 1.82) is 0 Å². The molecule has 3 aromatic carbocycles. The molecule has 109 heavy (non-hydrogen) atoms. The van der Waals surface area contributed by atoms with Gasteiger partial charge in [0.1, 0.15) is 23.5 Å².